The summed E-state index contributed by atoms with van der Waals surface area (Å²) >= 11 is 0. The van der Waals surface area contributed by atoms with Crippen LogP contribution in [0.4, 0.5) is 0 Å². The molecule has 0 atom stereocenters. The minimum absolute atomic E-state index is 0.216. The lowest BCUT2D eigenvalue weighted by Crippen LogP contribution is -2.11. The molecule has 160 valence electrons. The summed E-state index contributed by atoms with van der Waals surface area (Å²) in [6.07, 6.45) is 0. The van der Waals surface area contributed by atoms with E-state index in [9.17, 15) is 4.79 Å². The summed E-state index contributed by atoms with van der Waals surface area (Å²) in [6, 6.07) is 19.2. The van der Waals surface area contributed by atoms with Gasteiger partial charge in [0.25, 0.3) is 0 Å². The fourth-order valence-corrected chi connectivity index (χ4v) is 3.82. The fraction of sp³-hybridized carbons (Fsp3) is 0.125. The third-order valence-electron chi connectivity index (χ3n) is 5.20. The van der Waals surface area contributed by atoms with Crippen molar-refractivity contribution >= 4 is 33.6 Å². The van der Waals surface area contributed by atoms with Gasteiger partial charge in [-0.25, -0.2) is 14.8 Å². The molecule has 3 aromatic carbocycles. The molecule has 0 saturated heterocycles. The van der Waals surface area contributed by atoms with Crippen LogP contribution in [0.15, 0.2) is 60.7 Å². The molecular weight excluding hydrogens is 410 g/mol. The smallest absolute Gasteiger partial charge is 0.341 e. The molecule has 0 saturated carbocycles. The molecular formula is C24H19N3O5. The first kappa shape index (κ1) is 19.6. The molecule has 5 rings (SSSR count). The minimum Gasteiger partial charge on any atom is -0.493 e. The lowest BCUT2D eigenvalue weighted by molar-refractivity contribution is -0.139. The number of carboxylic acid groups (broad SMARTS) is 1. The van der Waals surface area contributed by atoms with E-state index >= 15 is 0 Å². The average molecular weight is 429 g/mol. The summed E-state index contributed by atoms with van der Waals surface area (Å²) in [5.41, 5.74) is 4.07. The maximum absolute atomic E-state index is 11.0. The molecule has 0 unspecified atom stereocenters. The second-order valence-electron chi connectivity index (χ2n) is 7.10. The Morgan fingerprint density at radius 3 is 2.28 bits per heavy atom. The van der Waals surface area contributed by atoms with E-state index in [1.165, 1.54) is 14.2 Å². The number of carbonyl (C=O) groups is 1. The van der Waals surface area contributed by atoms with E-state index in [1.54, 1.807) is 12.1 Å². The molecule has 5 aromatic rings. The van der Waals surface area contributed by atoms with Crippen molar-refractivity contribution in [3.05, 3.63) is 60.7 Å². The van der Waals surface area contributed by atoms with Gasteiger partial charge in [-0.3, -0.25) is 4.40 Å². The highest BCUT2D eigenvalue weighted by molar-refractivity contribution is 5.98. The van der Waals surface area contributed by atoms with E-state index in [-0.39, 0.29) is 5.75 Å². The van der Waals surface area contributed by atoms with Crippen LogP contribution in [0.3, 0.4) is 0 Å². The van der Waals surface area contributed by atoms with Gasteiger partial charge in [-0.2, -0.15) is 0 Å². The number of benzene rings is 3. The number of para-hydroxylation sites is 3. The first-order valence-electron chi connectivity index (χ1n) is 9.87. The Hall–Kier alpha value is -4.33. The zero-order chi connectivity index (χ0) is 22.2. The molecule has 0 aliphatic rings. The molecule has 0 amide bonds. The molecule has 0 fully saturated rings. The molecule has 2 aromatic heterocycles. The number of methoxy groups -OCH3 is 2. The normalized spacial score (nSPS) is 11.2. The number of imidazole rings is 1. The van der Waals surface area contributed by atoms with Crippen LogP contribution in [0.2, 0.25) is 0 Å². The lowest BCUT2D eigenvalue weighted by Gasteiger charge is -2.16. The van der Waals surface area contributed by atoms with E-state index in [1.807, 2.05) is 52.9 Å². The molecule has 0 bridgehead atoms. The molecule has 0 radical (unpaired) electrons. The van der Waals surface area contributed by atoms with E-state index in [2.05, 4.69) is 0 Å². The first-order chi connectivity index (χ1) is 15.6. The highest BCUT2D eigenvalue weighted by atomic mass is 16.5. The van der Waals surface area contributed by atoms with Gasteiger partial charge in [-0.15, -0.1) is 0 Å². The summed E-state index contributed by atoms with van der Waals surface area (Å²) in [5, 5.41) is 9.94. The van der Waals surface area contributed by atoms with Gasteiger partial charge in [0.1, 0.15) is 11.5 Å². The Balaban J connectivity index is 1.83. The molecule has 0 spiro atoms. The third-order valence-corrected chi connectivity index (χ3v) is 5.20. The Labute approximate surface area is 182 Å². The molecule has 32 heavy (non-hydrogen) atoms. The Morgan fingerprint density at radius 2 is 1.59 bits per heavy atom. The van der Waals surface area contributed by atoms with Gasteiger partial charge in [0.05, 0.1) is 30.8 Å². The standard InChI is InChI=1S/C24H19N3O5/c1-30-19-11-14(12-20(31-2)22(19)32-13-21(28)29)23-25-16-8-4-3-7-15(16)24-26-17-9-5-6-10-18(17)27(23)24/h3-12H,13H2,1-2H3,(H,28,29). The summed E-state index contributed by atoms with van der Waals surface area (Å²) < 4.78 is 18.4. The first-order valence-corrected chi connectivity index (χ1v) is 9.87. The number of aliphatic carboxylic acids is 1. The van der Waals surface area contributed by atoms with Crippen molar-refractivity contribution in [2.45, 2.75) is 0 Å². The summed E-state index contributed by atoms with van der Waals surface area (Å²) in [6.45, 7) is -0.517. The highest BCUT2D eigenvalue weighted by Crippen LogP contribution is 2.42. The SMILES string of the molecule is COc1cc(-c2nc3ccccc3c3nc4ccccc4n23)cc(OC)c1OCC(=O)O. The van der Waals surface area contributed by atoms with Crippen LogP contribution in [-0.4, -0.2) is 46.3 Å². The zero-order valence-electron chi connectivity index (χ0n) is 17.4. The van der Waals surface area contributed by atoms with E-state index in [0.717, 1.165) is 27.6 Å². The van der Waals surface area contributed by atoms with Crippen LogP contribution in [0.25, 0.3) is 39.0 Å². The number of aromatic nitrogens is 3. The Bertz CT molecular complexity index is 1470. The quantitative estimate of drug-likeness (QED) is 0.433. The van der Waals surface area contributed by atoms with E-state index in [4.69, 9.17) is 29.3 Å². The monoisotopic (exact) mass is 429 g/mol. The van der Waals surface area contributed by atoms with Gasteiger partial charge >= 0.3 is 5.97 Å². The predicted molar refractivity (Wildman–Crippen MR) is 120 cm³/mol. The summed E-state index contributed by atoms with van der Waals surface area (Å²) in [5.74, 6) is 0.449. The Kier molecular flexibility index (Phi) is 4.74. The molecule has 0 aliphatic carbocycles. The number of rotatable bonds is 6. The molecule has 8 nitrogen and oxygen atoms in total. The van der Waals surface area contributed by atoms with Crippen molar-refractivity contribution < 1.29 is 24.1 Å². The largest absolute Gasteiger partial charge is 0.493 e. The van der Waals surface area contributed by atoms with Gasteiger partial charge in [-0.1, -0.05) is 24.3 Å². The van der Waals surface area contributed by atoms with Crippen molar-refractivity contribution in [3.8, 4) is 28.6 Å². The van der Waals surface area contributed by atoms with Gasteiger partial charge in [0, 0.05) is 10.9 Å². The predicted octanol–water partition coefficient (Wildman–Crippen LogP) is 4.18. The van der Waals surface area contributed by atoms with Crippen molar-refractivity contribution in [1.82, 2.24) is 14.4 Å². The van der Waals surface area contributed by atoms with Crippen molar-refractivity contribution in [2.75, 3.05) is 20.8 Å². The average Bonchev–Trinajstić information content (AvgIpc) is 3.21. The zero-order valence-corrected chi connectivity index (χ0v) is 17.4. The number of hydrogen-bond acceptors (Lipinski definition) is 6. The molecule has 8 heteroatoms. The molecule has 1 N–H and O–H groups in total. The van der Waals surface area contributed by atoms with Crippen molar-refractivity contribution in [3.63, 3.8) is 0 Å². The van der Waals surface area contributed by atoms with Crippen LogP contribution in [0.5, 0.6) is 17.2 Å². The number of ether oxygens (including phenoxy) is 3. The summed E-state index contributed by atoms with van der Waals surface area (Å²) in [7, 11) is 2.98. The Morgan fingerprint density at radius 1 is 0.938 bits per heavy atom. The topological polar surface area (TPSA) is 95.2 Å². The van der Waals surface area contributed by atoms with Gasteiger partial charge in [0.15, 0.2) is 18.1 Å². The van der Waals surface area contributed by atoms with Crippen molar-refractivity contribution in [2.24, 2.45) is 0 Å². The van der Waals surface area contributed by atoms with Crippen LogP contribution in [0, 0.1) is 0 Å². The summed E-state index contributed by atoms with van der Waals surface area (Å²) in [4.78, 5) is 20.8. The van der Waals surface area contributed by atoms with Gasteiger partial charge in [0.2, 0.25) is 5.75 Å². The van der Waals surface area contributed by atoms with E-state index < -0.39 is 12.6 Å². The number of nitrogens with zero attached hydrogens (tertiary/aromatic N) is 3. The van der Waals surface area contributed by atoms with Crippen molar-refractivity contribution in [1.29, 1.82) is 0 Å². The van der Waals surface area contributed by atoms with Crippen LogP contribution < -0.4 is 14.2 Å². The second-order valence-corrected chi connectivity index (χ2v) is 7.10. The number of hydrogen-bond donors (Lipinski definition) is 1. The molecule has 2 heterocycles. The number of carboxylic acids is 1. The second kappa shape index (κ2) is 7.73. The highest BCUT2D eigenvalue weighted by Gasteiger charge is 2.20. The maximum atomic E-state index is 11.0. The van der Waals surface area contributed by atoms with Crippen LogP contribution in [0.1, 0.15) is 0 Å². The van der Waals surface area contributed by atoms with Crippen LogP contribution >= 0.6 is 0 Å². The molecule has 0 aliphatic heterocycles. The van der Waals surface area contributed by atoms with E-state index in [0.29, 0.717) is 22.9 Å². The number of fused-ring (bicyclic) bond motifs is 5. The van der Waals surface area contributed by atoms with Crippen LogP contribution in [-0.2, 0) is 4.79 Å². The third kappa shape index (κ3) is 3.13. The van der Waals surface area contributed by atoms with Gasteiger partial charge < -0.3 is 19.3 Å². The fourth-order valence-electron chi connectivity index (χ4n) is 3.82. The lowest BCUT2D eigenvalue weighted by atomic mass is 10.1. The minimum atomic E-state index is -1.10. The van der Waals surface area contributed by atoms with Gasteiger partial charge in [-0.05, 0) is 36.4 Å². The maximum Gasteiger partial charge on any atom is 0.341 e.